The Labute approximate surface area is 214 Å². The second-order valence-corrected chi connectivity index (χ2v) is 10.7. The molecule has 0 radical (unpaired) electrons. The fourth-order valence-corrected chi connectivity index (χ4v) is 4.67. The molecule has 1 unspecified atom stereocenters. The lowest BCUT2D eigenvalue weighted by Crippen LogP contribution is -2.16. The van der Waals surface area contributed by atoms with Crippen molar-refractivity contribution in [3.05, 3.63) is 58.1 Å². The highest BCUT2D eigenvalue weighted by molar-refractivity contribution is 7.94. The van der Waals surface area contributed by atoms with E-state index in [0.29, 0.717) is 18.1 Å². The highest BCUT2D eigenvalue weighted by atomic mass is 32.2. The zero-order chi connectivity index (χ0) is 27.4. The van der Waals surface area contributed by atoms with Crippen molar-refractivity contribution in [3.63, 3.8) is 0 Å². The van der Waals surface area contributed by atoms with Crippen molar-refractivity contribution in [2.45, 2.75) is 96.0 Å². The van der Waals surface area contributed by atoms with E-state index in [4.69, 9.17) is 8.92 Å². The van der Waals surface area contributed by atoms with Crippen LogP contribution in [0.15, 0.2) is 35.2 Å². The van der Waals surface area contributed by atoms with E-state index in [1.807, 2.05) is 0 Å². The maximum atomic E-state index is 13.1. The molecule has 0 aromatic heterocycles. The van der Waals surface area contributed by atoms with E-state index in [1.165, 1.54) is 28.7 Å². The molecular weight excluding hydrogens is 502 g/mol. The monoisotopic (exact) mass is 536 g/mol. The number of hydrogen-bond donors (Lipinski definition) is 0. The van der Waals surface area contributed by atoms with Crippen LogP contribution in [0.1, 0.15) is 100 Å². The van der Waals surface area contributed by atoms with Gasteiger partial charge < -0.3 is 8.92 Å². The molecule has 0 saturated heterocycles. The molecule has 0 heterocycles. The van der Waals surface area contributed by atoms with Crippen LogP contribution >= 0.6 is 12.0 Å². The van der Waals surface area contributed by atoms with Gasteiger partial charge in [-0.25, -0.2) is 0 Å². The Balaban J connectivity index is 2.11. The second kappa shape index (κ2) is 12.1. The predicted molar refractivity (Wildman–Crippen MR) is 132 cm³/mol. The molecule has 36 heavy (non-hydrogen) atoms. The molecule has 0 aliphatic rings. The third-order valence-electron chi connectivity index (χ3n) is 5.73. The SMILES string of the molecule is CC(CCOSc1c(C(C)C)cc(C(C)C)cc1C(C)C)Oc1cc(C(F)(F)F)cc(C(F)(F)F)c1. The van der Waals surface area contributed by atoms with Crippen molar-refractivity contribution in [1.82, 2.24) is 0 Å². The first-order chi connectivity index (χ1) is 16.5. The van der Waals surface area contributed by atoms with Gasteiger partial charge >= 0.3 is 12.4 Å². The standard InChI is InChI=1S/C27H34F6O2S/c1-15(2)19-10-23(16(3)4)25(24(11-19)17(5)6)36-34-9-8-18(7)35-22-13-20(26(28,29)30)12-21(14-22)27(31,32)33/h10-18H,8-9H2,1-7H3. The Bertz CT molecular complexity index is 951. The molecule has 0 fully saturated rings. The zero-order valence-corrected chi connectivity index (χ0v) is 22.4. The number of halogens is 6. The summed E-state index contributed by atoms with van der Waals surface area (Å²) in [7, 11) is 0. The summed E-state index contributed by atoms with van der Waals surface area (Å²) in [6, 6.07) is 5.65. The van der Waals surface area contributed by atoms with Gasteiger partial charge in [-0.1, -0.05) is 53.7 Å². The highest BCUT2D eigenvalue weighted by Crippen LogP contribution is 2.40. The minimum atomic E-state index is -4.92. The molecule has 0 aliphatic carbocycles. The summed E-state index contributed by atoms with van der Waals surface area (Å²) in [5.41, 5.74) is 0.816. The normalized spacial score (nSPS) is 13.7. The molecule has 0 spiro atoms. The smallest absolute Gasteiger partial charge is 0.416 e. The lowest BCUT2D eigenvalue weighted by molar-refractivity contribution is -0.143. The Morgan fingerprint density at radius 3 is 1.56 bits per heavy atom. The molecule has 0 amide bonds. The van der Waals surface area contributed by atoms with Crippen LogP contribution in [0.2, 0.25) is 0 Å². The van der Waals surface area contributed by atoms with Crippen molar-refractivity contribution in [3.8, 4) is 5.75 Å². The van der Waals surface area contributed by atoms with E-state index >= 15 is 0 Å². The topological polar surface area (TPSA) is 18.5 Å². The van der Waals surface area contributed by atoms with Crippen LogP contribution in [0.3, 0.4) is 0 Å². The highest BCUT2D eigenvalue weighted by Gasteiger charge is 2.37. The summed E-state index contributed by atoms with van der Waals surface area (Å²) in [4.78, 5) is 1.05. The molecule has 0 N–H and O–H groups in total. The Morgan fingerprint density at radius 1 is 0.694 bits per heavy atom. The van der Waals surface area contributed by atoms with Crippen molar-refractivity contribution in [2.24, 2.45) is 0 Å². The molecule has 0 bridgehead atoms. The molecule has 2 rings (SSSR count). The van der Waals surface area contributed by atoms with Crippen molar-refractivity contribution in [1.29, 1.82) is 0 Å². The first-order valence-corrected chi connectivity index (χ1v) is 12.7. The van der Waals surface area contributed by atoms with E-state index in [-0.39, 0.29) is 30.9 Å². The van der Waals surface area contributed by atoms with Gasteiger partial charge in [-0.15, -0.1) is 0 Å². The van der Waals surface area contributed by atoms with Crippen molar-refractivity contribution < 1.29 is 35.3 Å². The molecule has 0 aliphatic heterocycles. The number of ether oxygens (including phenoxy) is 1. The summed E-state index contributed by atoms with van der Waals surface area (Å²) in [5.74, 6) is 0.453. The van der Waals surface area contributed by atoms with Crippen molar-refractivity contribution >= 4 is 12.0 Å². The molecule has 2 nitrogen and oxygen atoms in total. The third-order valence-corrected chi connectivity index (χ3v) is 6.65. The van der Waals surface area contributed by atoms with Gasteiger partial charge in [-0.05, 0) is 59.6 Å². The summed E-state index contributed by atoms with van der Waals surface area (Å²) < 4.78 is 89.8. The number of benzene rings is 2. The first-order valence-electron chi connectivity index (χ1n) is 11.9. The van der Waals surface area contributed by atoms with Crippen LogP contribution < -0.4 is 4.74 Å². The molecule has 1 atom stereocenters. The van der Waals surface area contributed by atoms with Gasteiger partial charge in [-0.3, -0.25) is 0 Å². The molecule has 2 aromatic carbocycles. The van der Waals surface area contributed by atoms with Crippen LogP contribution in [0.25, 0.3) is 0 Å². The maximum Gasteiger partial charge on any atom is 0.416 e. The number of hydrogen-bond acceptors (Lipinski definition) is 3. The van der Waals surface area contributed by atoms with Gasteiger partial charge in [-0.2, -0.15) is 26.3 Å². The average Bonchev–Trinajstić information content (AvgIpc) is 2.74. The number of alkyl halides is 6. The Hall–Kier alpha value is -1.87. The molecule has 202 valence electrons. The van der Waals surface area contributed by atoms with Crippen LogP contribution in [0.5, 0.6) is 5.75 Å². The summed E-state index contributed by atoms with van der Waals surface area (Å²) in [6.07, 6.45) is -10.2. The van der Waals surface area contributed by atoms with Crippen LogP contribution in [0, 0.1) is 0 Å². The van der Waals surface area contributed by atoms with Gasteiger partial charge in [0.25, 0.3) is 0 Å². The largest absolute Gasteiger partial charge is 0.491 e. The van der Waals surface area contributed by atoms with E-state index in [2.05, 4.69) is 53.7 Å². The maximum absolute atomic E-state index is 13.1. The lowest BCUT2D eigenvalue weighted by Gasteiger charge is -2.22. The number of rotatable bonds is 10. The van der Waals surface area contributed by atoms with E-state index < -0.39 is 35.3 Å². The molecule has 2 aromatic rings. The zero-order valence-electron chi connectivity index (χ0n) is 21.6. The third kappa shape index (κ3) is 8.33. The van der Waals surface area contributed by atoms with Crippen LogP contribution in [-0.2, 0) is 16.5 Å². The van der Waals surface area contributed by atoms with Gasteiger partial charge in [0, 0.05) is 23.4 Å². The van der Waals surface area contributed by atoms with E-state index in [9.17, 15) is 26.3 Å². The van der Waals surface area contributed by atoms with E-state index in [1.54, 1.807) is 6.92 Å². The van der Waals surface area contributed by atoms with Gasteiger partial charge in [0.15, 0.2) is 0 Å². The summed E-state index contributed by atoms with van der Waals surface area (Å²) in [6.45, 7) is 14.6. The lowest BCUT2D eigenvalue weighted by atomic mass is 9.89. The minimum Gasteiger partial charge on any atom is -0.491 e. The van der Waals surface area contributed by atoms with E-state index in [0.717, 1.165) is 4.90 Å². The molecular formula is C27H34F6O2S. The first kappa shape index (κ1) is 30.4. The molecule has 0 saturated carbocycles. The second-order valence-electron chi connectivity index (χ2n) is 9.86. The quantitative estimate of drug-likeness (QED) is 0.171. The predicted octanol–water partition coefficient (Wildman–Crippen LogP) is 9.98. The van der Waals surface area contributed by atoms with Gasteiger partial charge in [0.2, 0.25) is 0 Å². The fourth-order valence-electron chi connectivity index (χ4n) is 3.59. The van der Waals surface area contributed by atoms with Crippen LogP contribution in [-0.4, -0.2) is 12.7 Å². The van der Waals surface area contributed by atoms with Gasteiger partial charge in [0.05, 0.1) is 23.8 Å². The van der Waals surface area contributed by atoms with Crippen LogP contribution in [0.4, 0.5) is 26.3 Å². The minimum absolute atomic E-state index is 0.0838. The fraction of sp³-hybridized carbons (Fsp3) is 0.556. The average molecular weight is 537 g/mol. The van der Waals surface area contributed by atoms with Crippen molar-refractivity contribution in [2.75, 3.05) is 6.61 Å². The molecule has 9 heteroatoms. The Kier molecular flexibility index (Phi) is 10.2. The van der Waals surface area contributed by atoms with Gasteiger partial charge in [0.1, 0.15) is 5.75 Å². The Morgan fingerprint density at radius 2 is 1.17 bits per heavy atom. The summed E-state index contributed by atoms with van der Waals surface area (Å²) in [5, 5.41) is 0. The summed E-state index contributed by atoms with van der Waals surface area (Å²) >= 11 is 1.26.